The molecule has 3 N–H and O–H groups in total. The number of aryl methyl sites for hydroxylation is 1. The van der Waals surface area contributed by atoms with E-state index < -0.39 is 0 Å². The fourth-order valence-electron chi connectivity index (χ4n) is 1.76. The van der Waals surface area contributed by atoms with E-state index in [2.05, 4.69) is 20.8 Å². The van der Waals surface area contributed by atoms with Crippen LogP contribution in [0.5, 0.6) is 0 Å². The number of carbonyl (C=O) groups excluding carboxylic acids is 1. The maximum Gasteiger partial charge on any atom is 0.232 e. The Hall–Kier alpha value is -1.36. The zero-order valence-corrected chi connectivity index (χ0v) is 9.05. The van der Waals surface area contributed by atoms with Crippen molar-refractivity contribution >= 4 is 11.7 Å². The quantitative estimate of drug-likeness (QED) is 0.668. The summed E-state index contributed by atoms with van der Waals surface area (Å²) in [5, 5.41) is 12.8. The van der Waals surface area contributed by atoms with Crippen molar-refractivity contribution < 1.29 is 4.79 Å². The van der Waals surface area contributed by atoms with Crippen LogP contribution < -0.4 is 10.6 Å². The highest BCUT2D eigenvalue weighted by molar-refractivity contribution is 5.94. The molecule has 1 amide bonds. The van der Waals surface area contributed by atoms with Gasteiger partial charge in [0, 0.05) is 18.3 Å². The number of nitrogens with zero attached hydrogens (tertiary/aromatic N) is 1. The summed E-state index contributed by atoms with van der Waals surface area (Å²) in [5.41, 5.74) is 0.646. The van der Waals surface area contributed by atoms with Crippen LogP contribution in [0.1, 0.15) is 19.0 Å². The molecule has 0 saturated carbocycles. The fraction of sp³-hybridized carbons (Fsp3) is 0.600. The van der Waals surface area contributed by atoms with Crippen molar-refractivity contribution in [2.24, 2.45) is 5.41 Å². The first kappa shape index (κ1) is 10.2. The Bertz CT molecular complexity index is 365. The monoisotopic (exact) mass is 208 g/mol. The molecule has 5 nitrogen and oxygen atoms in total. The summed E-state index contributed by atoms with van der Waals surface area (Å²) < 4.78 is 0. The molecule has 1 unspecified atom stereocenters. The van der Waals surface area contributed by atoms with Crippen LogP contribution in [0.25, 0.3) is 0 Å². The van der Waals surface area contributed by atoms with E-state index in [9.17, 15) is 4.79 Å². The van der Waals surface area contributed by atoms with Crippen LogP contribution in [0.4, 0.5) is 5.82 Å². The van der Waals surface area contributed by atoms with Crippen molar-refractivity contribution in [3.8, 4) is 0 Å². The van der Waals surface area contributed by atoms with Crippen molar-refractivity contribution in [3.63, 3.8) is 0 Å². The third-order valence-corrected chi connectivity index (χ3v) is 2.86. The first-order chi connectivity index (χ1) is 7.10. The van der Waals surface area contributed by atoms with E-state index in [1.54, 1.807) is 0 Å². The van der Waals surface area contributed by atoms with Gasteiger partial charge in [-0.2, -0.15) is 5.10 Å². The molecule has 0 aliphatic carbocycles. The number of hydrogen-bond acceptors (Lipinski definition) is 3. The fourth-order valence-corrected chi connectivity index (χ4v) is 1.76. The number of aromatic nitrogens is 2. The Morgan fingerprint density at radius 2 is 2.47 bits per heavy atom. The summed E-state index contributed by atoms with van der Waals surface area (Å²) in [6.45, 7) is 5.52. The first-order valence-electron chi connectivity index (χ1n) is 5.14. The van der Waals surface area contributed by atoms with E-state index in [0.717, 1.165) is 25.2 Å². The zero-order valence-electron chi connectivity index (χ0n) is 9.05. The molecule has 1 atom stereocenters. The Labute approximate surface area is 88.6 Å². The van der Waals surface area contributed by atoms with Crippen molar-refractivity contribution in [3.05, 3.63) is 11.8 Å². The highest BCUT2D eigenvalue weighted by Crippen LogP contribution is 2.25. The van der Waals surface area contributed by atoms with Gasteiger partial charge in [0.1, 0.15) is 0 Å². The molecule has 1 aromatic rings. The van der Waals surface area contributed by atoms with Crippen molar-refractivity contribution in [2.45, 2.75) is 20.3 Å². The van der Waals surface area contributed by atoms with Gasteiger partial charge >= 0.3 is 0 Å². The van der Waals surface area contributed by atoms with Gasteiger partial charge in [0.25, 0.3) is 0 Å². The minimum absolute atomic E-state index is 0.0407. The maximum absolute atomic E-state index is 11.9. The second-order valence-electron chi connectivity index (χ2n) is 4.38. The summed E-state index contributed by atoms with van der Waals surface area (Å²) >= 11 is 0. The summed E-state index contributed by atoms with van der Waals surface area (Å²) in [4.78, 5) is 11.9. The van der Waals surface area contributed by atoms with Gasteiger partial charge in [0.15, 0.2) is 5.82 Å². The average Bonchev–Trinajstić information content (AvgIpc) is 2.76. The Kier molecular flexibility index (Phi) is 2.48. The lowest BCUT2D eigenvalue weighted by Gasteiger charge is -2.20. The van der Waals surface area contributed by atoms with Gasteiger partial charge in [-0.1, -0.05) is 0 Å². The number of rotatable bonds is 2. The van der Waals surface area contributed by atoms with Gasteiger partial charge < -0.3 is 10.6 Å². The summed E-state index contributed by atoms with van der Waals surface area (Å²) in [7, 11) is 0. The lowest BCUT2D eigenvalue weighted by atomic mass is 9.89. The van der Waals surface area contributed by atoms with Gasteiger partial charge in [-0.15, -0.1) is 0 Å². The van der Waals surface area contributed by atoms with E-state index in [-0.39, 0.29) is 11.3 Å². The molecule has 0 radical (unpaired) electrons. The Morgan fingerprint density at radius 1 is 1.67 bits per heavy atom. The number of nitrogens with one attached hydrogen (secondary N) is 3. The SMILES string of the molecule is Cc1cc(NC(=O)C2(C)CCNC2)n[nH]1. The third-order valence-electron chi connectivity index (χ3n) is 2.86. The molecule has 82 valence electrons. The number of anilines is 1. The van der Waals surface area contributed by atoms with Crippen LogP contribution in [0.2, 0.25) is 0 Å². The van der Waals surface area contributed by atoms with Crippen LogP contribution in [0, 0.1) is 12.3 Å². The van der Waals surface area contributed by atoms with E-state index >= 15 is 0 Å². The van der Waals surface area contributed by atoms with Crippen LogP contribution in [0.3, 0.4) is 0 Å². The van der Waals surface area contributed by atoms with E-state index in [0.29, 0.717) is 5.82 Å². The average molecular weight is 208 g/mol. The van der Waals surface area contributed by atoms with Gasteiger partial charge in [-0.05, 0) is 26.8 Å². The summed E-state index contributed by atoms with van der Waals surface area (Å²) in [5.74, 6) is 0.643. The largest absolute Gasteiger partial charge is 0.316 e. The predicted molar refractivity (Wildman–Crippen MR) is 57.5 cm³/mol. The van der Waals surface area contributed by atoms with E-state index in [4.69, 9.17) is 0 Å². The van der Waals surface area contributed by atoms with Crippen LogP contribution in [-0.2, 0) is 4.79 Å². The number of hydrogen-bond donors (Lipinski definition) is 3. The molecule has 1 aromatic heterocycles. The lowest BCUT2D eigenvalue weighted by molar-refractivity contribution is -0.123. The highest BCUT2D eigenvalue weighted by Gasteiger charge is 2.36. The molecule has 2 heterocycles. The minimum Gasteiger partial charge on any atom is -0.316 e. The van der Waals surface area contributed by atoms with Gasteiger partial charge in [-0.3, -0.25) is 9.89 Å². The molecule has 0 aromatic carbocycles. The molecule has 1 saturated heterocycles. The van der Waals surface area contributed by atoms with Crippen LogP contribution in [-0.4, -0.2) is 29.2 Å². The topological polar surface area (TPSA) is 69.8 Å². The molecule has 1 aliphatic rings. The second kappa shape index (κ2) is 3.66. The summed E-state index contributed by atoms with van der Waals surface area (Å²) in [6.07, 6.45) is 0.877. The molecule has 15 heavy (non-hydrogen) atoms. The molecular formula is C10H16N4O. The smallest absolute Gasteiger partial charge is 0.232 e. The Morgan fingerprint density at radius 3 is 3.00 bits per heavy atom. The standard InChI is InChI=1S/C10H16N4O/c1-7-5-8(14-13-7)12-9(15)10(2)3-4-11-6-10/h5,11H,3-4,6H2,1-2H3,(H2,12,13,14,15). The van der Waals surface area contributed by atoms with Gasteiger partial charge in [0.05, 0.1) is 5.41 Å². The molecule has 0 bridgehead atoms. The first-order valence-corrected chi connectivity index (χ1v) is 5.14. The summed E-state index contributed by atoms with van der Waals surface area (Å²) in [6, 6.07) is 1.82. The van der Waals surface area contributed by atoms with Crippen molar-refractivity contribution in [2.75, 3.05) is 18.4 Å². The lowest BCUT2D eigenvalue weighted by Crippen LogP contribution is -2.35. The predicted octanol–water partition coefficient (Wildman–Crippen LogP) is 0.656. The maximum atomic E-state index is 11.9. The number of H-pyrrole nitrogens is 1. The van der Waals surface area contributed by atoms with Crippen LogP contribution >= 0.6 is 0 Å². The molecule has 2 rings (SSSR count). The molecular weight excluding hydrogens is 192 g/mol. The van der Waals surface area contributed by atoms with E-state index in [1.807, 2.05) is 19.9 Å². The van der Waals surface area contributed by atoms with E-state index in [1.165, 1.54) is 0 Å². The molecule has 1 fully saturated rings. The highest BCUT2D eigenvalue weighted by atomic mass is 16.2. The molecule has 5 heteroatoms. The third kappa shape index (κ3) is 2.02. The molecule has 0 spiro atoms. The van der Waals surface area contributed by atoms with Crippen LogP contribution in [0.15, 0.2) is 6.07 Å². The van der Waals surface area contributed by atoms with Gasteiger partial charge in [0.2, 0.25) is 5.91 Å². The second-order valence-corrected chi connectivity index (χ2v) is 4.38. The van der Waals surface area contributed by atoms with Gasteiger partial charge in [-0.25, -0.2) is 0 Å². The number of carbonyl (C=O) groups is 1. The van der Waals surface area contributed by atoms with Crippen molar-refractivity contribution in [1.82, 2.24) is 15.5 Å². The zero-order chi connectivity index (χ0) is 10.9. The normalized spacial score (nSPS) is 25.5. The molecule has 1 aliphatic heterocycles. The minimum atomic E-state index is -0.299. The Balaban J connectivity index is 2.03. The number of aromatic amines is 1. The van der Waals surface area contributed by atoms with Crippen molar-refractivity contribution in [1.29, 1.82) is 0 Å². The number of amides is 1.